The van der Waals surface area contributed by atoms with E-state index in [-0.39, 0.29) is 52.4 Å². The number of nitrogens with zero attached hydrogens (tertiary/aromatic N) is 7. The van der Waals surface area contributed by atoms with Gasteiger partial charge in [0.2, 0.25) is 0 Å². The number of benzene rings is 2. The number of nitrogens with one attached hydrogen (secondary N) is 2. The van der Waals surface area contributed by atoms with Gasteiger partial charge in [-0.25, -0.2) is 24.7 Å². The highest BCUT2D eigenvalue weighted by molar-refractivity contribution is 7.59. The Morgan fingerprint density at radius 3 is 1.78 bits per heavy atom. The third-order valence-corrected chi connectivity index (χ3v) is 8.81. The average molecular weight is 773 g/mol. The molecule has 5 aromatic rings. The molecule has 0 spiro atoms. The van der Waals surface area contributed by atoms with Crippen molar-refractivity contribution in [3.05, 3.63) is 106 Å². The van der Waals surface area contributed by atoms with Crippen molar-refractivity contribution in [2.24, 2.45) is 16.8 Å². The summed E-state index contributed by atoms with van der Waals surface area (Å²) in [6, 6.07) is 15.6. The van der Waals surface area contributed by atoms with Crippen LogP contribution in [0, 0.1) is 33.6 Å². The third-order valence-electron chi connectivity index (χ3n) is 8.81. The topological polar surface area (TPSA) is 179 Å². The summed E-state index contributed by atoms with van der Waals surface area (Å²) in [5.74, 6) is 5.24. The molecule has 0 saturated heterocycles. The lowest BCUT2D eigenvalue weighted by molar-refractivity contribution is 0.0514. The van der Waals surface area contributed by atoms with E-state index in [1.165, 1.54) is 18.4 Å². The lowest BCUT2D eigenvalue weighted by Gasteiger charge is -2.17. The first-order chi connectivity index (χ1) is 24.5. The molecule has 2 aliphatic rings. The Labute approximate surface area is 331 Å². The molecule has 2 saturated carbocycles. The van der Waals surface area contributed by atoms with E-state index < -0.39 is 5.97 Å². The number of amidine groups is 1. The van der Waals surface area contributed by atoms with Crippen LogP contribution in [0.3, 0.4) is 0 Å². The summed E-state index contributed by atoms with van der Waals surface area (Å²) in [4.78, 5) is 38.7. The zero-order valence-corrected chi connectivity index (χ0v) is 32.8. The first-order valence-corrected chi connectivity index (χ1v) is 17.3. The van der Waals surface area contributed by atoms with Gasteiger partial charge in [0.15, 0.2) is 5.82 Å². The number of aryl methyl sites for hydroxylation is 4. The second-order valence-electron chi connectivity index (χ2n) is 13.3. The van der Waals surface area contributed by atoms with Crippen molar-refractivity contribution >= 4 is 50.4 Å². The predicted octanol–water partition coefficient (Wildman–Crippen LogP) is 8.16. The van der Waals surface area contributed by atoms with Gasteiger partial charge in [0.25, 0.3) is 5.89 Å². The molecule has 3 heterocycles. The summed E-state index contributed by atoms with van der Waals surface area (Å²) >= 11 is 0. The highest BCUT2D eigenvalue weighted by Gasteiger charge is 2.29. The summed E-state index contributed by atoms with van der Waals surface area (Å²) < 4.78 is 5.38. The van der Waals surface area contributed by atoms with Gasteiger partial charge in [-0.1, -0.05) is 42.0 Å². The molecule has 0 bridgehead atoms. The number of hydrogen-bond donors (Lipinski definition) is 3. The Morgan fingerprint density at radius 2 is 1.30 bits per heavy atom. The van der Waals surface area contributed by atoms with Crippen LogP contribution in [0.4, 0.5) is 11.6 Å². The number of anilines is 2. The Kier molecular flexibility index (Phi) is 15.5. The molecule has 0 amide bonds. The van der Waals surface area contributed by atoms with Crippen molar-refractivity contribution in [1.82, 2.24) is 30.1 Å². The summed E-state index contributed by atoms with van der Waals surface area (Å²) in [5, 5.41) is 14.6. The molecule has 2 aromatic carbocycles. The zero-order valence-electron chi connectivity index (χ0n) is 30.8. The van der Waals surface area contributed by atoms with E-state index in [4.69, 9.17) is 15.1 Å². The molecule has 2 aliphatic carbocycles. The standard InChI is InChI=1S/C19H23N5O2.C19H21N5O.CH4.2H2S/c1-11-10-21-13(3)23-18(11)22-12(2)14-4-8-16(9-5-14)19(25)26-24-17(20)15-6-7-15;1-11-10-20-13(3)22-17(11)21-12(2)14-4-8-16(9-5-14)19-23-18(24-25-19)15-6-7-15;;;/h4-5,8-10,12,15H,6-7H2,1-3H3,(H2,20,24)(H,21,22,23);4-5,8-10,12,15H,6-7H2,1-3H3,(H,20,21,22);1H4;2*1H2/t2*12-;;;/m00.../s1. The van der Waals surface area contributed by atoms with Crippen LogP contribution in [-0.2, 0) is 4.84 Å². The van der Waals surface area contributed by atoms with Crippen LogP contribution < -0.4 is 16.4 Å². The first kappa shape index (κ1) is 43.4. The number of nitrogens with two attached hydrogens (primary N) is 1. The monoisotopic (exact) mass is 772 g/mol. The van der Waals surface area contributed by atoms with Crippen molar-refractivity contribution < 1.29 is 14.2 Å². The van der Waals surface area contributed by atoms with Gasteiger partial charge in [0.05, 0.1) is 5.56 Å². The zero-order chi connectivity index (χ0) is 36.1. The minimum atomic E-state index is -0.511. The maximum Gasteiger partial charge on any atom is 0.365 e. The van der Waals surface area contributed by atoms with E-state index in [1.807, 2.05) is 65.1 Å². The molecule has 288 valence electrons. The van der Waals surface area contributed by atoms with Gasteiger partial charge in [-0.15, -0.1) is 0 Å². The highest BCUT2D eigenvalue weighted by Crippen LogP contribution is 2.39. The maximum absolute atomic E-state index is 12.0. The molecule has 3 aromatic heterocycles. The third kappa shape index (κ3) is 11.5. The van der Waals surface area contributed by atoms with E-state index in [0.717, 1.165) is 64.2 Å². The van der Waals surface area contributed by atoms with Crippen molar-refractivity contribution in [1.29, 1.82) is 0 Å². The Balaban J connectivity index is 0.000000275. The highest BCUT2D eigenvalue weighted by atomic mass is 32.1. The van der Waals surface area contributed by atoms with Gasteiger partial charge in [-0.2, -0.15) is 32.0 Å². The molecule has 0 aliphatic heterocycles. The van der Waals surface area contributed by atoms with Gasteiger partial charge in [0, 0.05) is 53.0 Å². The van der Waals surface area contributed by atoms with Crippen molar-refractivity contribution in [2.45, 2.75) is 92.7 Å². The number of aromatic nitrogens is 6. The van der Waals surface area contributed by atoms with Crippen molar-refractivity contribution in [3.8, 4) is 11.5 Å². The Hall–Kier alpha value is -5.02. The lowest BCUT2D eigenvalue weighted by Crippen LogP contribution is -2.15. The van der Waals surface area contributed by atoms with E-state index in [9.17, 15) is 4.79 Å². The van der Waals surface area contributed by atoms with Gasteiger partial charge < -0.3 is 25.7 Å². The van der Waals surface area contributed by atoms with E-state index >= 15 is 0 Å². The first-order valence-electron chi connectivity index (χ1n) is 17.3. The molecular formula is C39H52N10O3S2. The van der Waals surface area contributed by atoms with Gasteiger partial charge in [0.1, 0.15) is 29.1 Å². The molecule has 54 heavy (non-hydrogen) atoms. The number of carbonyl (C=O) groups excluding carboxylic acids is 1. The minimum Gasteiger partial charge on any atom is -0.384 e. The van der Waals surface area contributed by atoms with Gasteiger partial charge in [-0.3, -0.25) is 0 Å². The Morgan fingerprint density at radius 1 is 0.796 bits per heavy atom. The average Bonchev–Trinajstić information content (AvgIpc) is 4.09. The van der Waals surface area contributed by atoms with Crippen molar-refractivity contribution in [3.63, 3.8) is 0 Å². The molecule has 0 radical (unpaired) electrons. The number of hydrogen-bond acceptors (Lipinski definition) is 12. The quantitative estimate of drug-likeness (QED) is 0.0508. The smallest absolute Gasteiger partial charge is 0.365 e. The number of oxime groups is 1. The van der Waals surface area contributed by atoms with Crippen LogP contribution in [0.15, 0.2) is 70.6 Å². The van der Waals surface area contributed by atoms with Gasteiger partial charge >= 0.3 is 5.97 Å². The molecule has 2 atom stereocenters. The predicted molar refractivity (Wildman–Crippen MR) is 222 cm³/mol. The molecule has 13 nitrogen and oxygen atoms in total. The Bertz CT molecular complexity index is 2010. The minimum absolute atomic E-state index is 0. The van der Waals surface area contributed by atoms with E-state index in [0.29, 0.717) is 23.2 Å². The van der Waals surface area contributed by atoms with E-state index in [1.54, 1.807) is 18.3 Å². The second kappa shape index (κ2) is 19.3. The molecule has 15 heteroatoms. The summed E-state index contributed by atoms with van der Waals surface area (Å²) in [5.41, 5.74) is 11.3. The summed E-state index contributed by atoms with van der Waals surface area (Å²) in [6.45, 7) is 11.9. The number of rotatable bonds is 11. The molecule has 7 rings (SSSR count). The van der Waals surface area contributed by atoms with Crippen LogP contribution in [0.25, 0.3) is 11.5 Å². The van der Waals surface area contributed by atoms with Crippen molar-refractivity contribution in [2.75, 3.05) is 10.6 Å². The molecule has 0 unspecified atom stereocenters. The SMILES string of the molecule is C.Cc1ncc(C)c(N[C@@H](C)c2ccc(-c3nc(C4CC4)no3)cc2)n1.Cc1ncc(C)c(N[C@@H](C)c2ccc(C(=O)O/N=C(\N)C3CC3)cc2)n1.S.S. The van der Waals surface area contributed by atoms with Crippen LogP contribution in [-0.4, -0.2) is 41.9 Å². The fourth-order valence-corrected chi connectivity index (χ4v) is 5.21. The van der Waals surface area contributed by atoms with Crippen LogP contribution in [0.1, 0.15) is 115 Å². The lowest BCUT2D eigenvalue weighted by atomic mass is 10.1. The van der Waals surface area contributed by atoms with Crippen LogP contribution in [0.5, 0.6) is 0 Å². The summed E-state index contributed by atoms with van der Waals surface area (Å²) in [6.07, 6.45) is 8.00. The molecule has 4 N–H and O–H groups in total. The second-order valence-corrected chi connectivity index (χ2v) is 13.3. The fraction of sp³-hybridized carbons (Fsp3) is 0.385. The summed E-state index contributed by atoms with van der Waals surface area (Å²) in [7, 11) is 0. The molecular weight excluding hydrogens is 721 g/mol. The van der Waals surface area contributed by atoms with Gasteiger partial charge in [-0.05, 0) is 103 Å². The normalized spacial score (nSPS) is 14.4. The maximum atomic E-state index is 12.0. The largest absolute Gasteiger partial charge is 0.384 e. The van der Waals surface area contributed by atoms with Crippen LogP contribution in [0.2, 0.25) is 0 Å². The molecule has 2 fully saturated rings. The van der Waals surface area contributed by atoms with Crippen LogP contribution >= 0.6 is 27.0 Å². The number of carbonyl (C=O) groups is 1. The fourth-order valence-electron chi connectivity index (χ4n) is 5.21. The van der Waals surface area contributed by atoms with E-state index in [2.05, 4.69) is 64.9 Å².